The minimum absolute atomic E-state index is 0.0580. The number of benzene rings is 1. The van der Waals surface area contributed by atoms with Crippen LogP contribution in [0.1, 0.15) is 18.5 Å². The molecule has 0 spiro atoms. The van der Waals surface area contributed by atoms with Crippen LogP contribution in [0, 0.1) is 0 Å². The molecule has 22 heavy (non-hydrogen) atoms. The molecule has 3 rings (SSSR count). The Morgan fingerprint density at radius 3 is 2.64 bits per heavy atom. The fraction of sp³-hybridized carbons (Fsp3) is 0.133. The van der Waals surface area contributed by atoms with E-state index in [1.54, 1.807) is 0 Å². The number of rotatable bonds is 4. The van der Waals surface area contributed by atoms with Gasteiger partial charge in [-0.2, -0.15) is 4.57 Å². The third kappa shape index (κ3) is 2.69. The summed E-state index contributed by atoms with van der Waals surface area (Å²) < 4.78 is 5.72. The first-order chi connectivity index (χ1) is 10.6. The van der Waals surface area contributed by atoms with Crippen molar-refractivity contribution in [3.8, 4) is 5.88 Å². The molecule has 7 heteroatoms. The van der Waals surface area contributed by atoms with E-state index >= 15 is 0 Å². The molecule has 0 radical (unpaired) electrons. The highest BCUT2D eigenvalue weighted by Crippen LogP contribution is 2.15. The second-order valence-corrected chi connectivity index (χ2v) is 4.79. The smallest absolute Gasteiger partial charge is 0.337 e. The molecule has 2 heterocycles. The highest BCUT2D eigenvalue weighted by molar-refractivity contribution is 5.37. The summed E-state index contributed by atoms with van der Waals surface area (Å²) in [6.45, 7) is 1.94. The van der Waals surface area contributed by atoms with Gasteiger partial charge < -0.3 is 9.84 Å². The minimum atomic E-state index is -0.591. The van der Waals surface area contributed by atoms with Crippen LogP contribution in [0.15, 0.2) is 62.8 Å². The molecular formula is C15H14N4O3. The van der Waals surface area contributed by atoms with Gasteiger partial charge in [0.2, 0.25) is 5.88 Å². The number of aromatic nitrogens is 3. The largest absolute Gasteiger partial charge is 0.365 e. The van der Waals surface area contributed by atoms with Crippen molar-refractivity contribution in [1.29, 1.82) is 0 Å². The van der Waals surface area contributed by atoms with E-state index in [9.17, 15) is 9.59 Å². The van der Waals surface area contributed by atoms with Crippen molar-refractivity contribution in [2.75, 3.05) is 5.32 Å². The van der Waals surface area contributed by atoms with Gasteiger partial charge in [-0.15, -0.1) is 0 Å². The summed E-state index contributed by atoms with van der Waals surface area (Å²) in [5.74, 6) is 0.427. The molecule has 1 aromatic carbocycles. The maximum Gasteiger partial charge on any atom is 0.337 e. The van der Waals surface area contributed by atoms with E-state index in [-0.39, 0.29) is 11.9 Å². The van der Waals surface area contributed by atoms with Crippen molar-refractivity contribution >= 4 is 5.82 Å². The Hall–Kier alpha value is -3.09. The summed E-state index contributed by atoms with van der Waals surface area (Å²) >= 11 is 0. The number of anilines is 1. The summed E-state index contributed by atoms with van der Waals surface area (Å²) in [5, 5.41) is 6.59. The van der Waals surface area contributed by atoms with Gasteiger partial charge in [-0.1, -0.05) is 35.5 Å². The van der Waals surface area contributed by atoms with E-state index in [0.717, 1.165) is 10.1 Å². The zero-order valence-corrected chi connectivity index (χ0v) is 11.8. The maximum absolute atomic E-state index is 12.1. The Labute approximate surface area is 125 Å². The molecule has 112 valence electrons. The summed E-state index contributed by atoms with van der Waals surface area (Å²) in [4.78, 5) is 26.8. The van der Waals surface area contributed by atoms with E-state index in [1.165, 1.54) is 18.3 Å². The number of hydrogen-bond acceptors (Lipinski definition) is 5. The molecule has 0 amide bonds. The SMILES string of the molecule is C[C@H](Nc1cc(=O)n(-c2ccno2)c(=O)[nH]1)c1ccccc1. The van der Waals surface area contributed by atoms with Crippen LogP contribution in [0.4, 0.5) is 5.82 Å². The van der Waals surface area contributed by atoms with Gasteiger partial charge in [0.05, 0.1) is 6.20 Å². The average molecular weight is 298 g/mol. The van der Waals surface area contributed by atoms with Gasteiger partial charge in [0.25, 0.3) is 5.56 Å². The molecule has 0 saturated heterocycles. The van der Waals surface area contributed by atoms with Crippen LogP contribution < -0.4 is 16.6 Å². The van der Waals surface area contributed by atoms with Crippen molar-refractivity contribution in [1.82, 2.24) is 14.7 Å². The highest BCUT2D eigenvalue weighted by Gasteiger charge is 2.11. The van der Waals surface area contributed by atoms with Gasteiger partial charge in [-0.3, -0.25) is 9.78 Å². The third-order valence-corrected chi connectivity index (χ3v) is 3.25. The van der Waals surface area contributed by atoms with Gasteiger partial charge in [0.15, 0.2) is 0 Å². The second-order valence-electron chi connectivity index (χ2n) is 4.79. The Morgan fingerprint density at radius 1 is 1.23 bits per heavy atom. The van der Waals surface area contributed by atoms with E-state index in [0.29, 0.717) is 5.82 Å². The van der Waals surface area contributed by atoms with Gasteiger partial charge in [0.1, 0.15) is 5.82 Å². The molecule has 0 aliphatic rings. The van der Waals surface area contributed by atoms with Gasteiger partial charge in [-0.25, -0.2) is 4.79 Å². The number of nitrogens with one attached hydrogen (secondary N) is 2. The first kappa shape index (κ1) is 13.9. The van der Waals surface area contributed by atoms with Crippen LogP contribution in [-0.4, -0.2) is 14.7 Å². The Morgan fingerprint density at radius 2 is 2.00 bits per heavy atom. The van der Waals surface area contributed by atoms with Gasteiger partial charge in [-0.05, 0) is 12.5 Å². The van der Waals surface area contributed by atoms with Crippen molar-refractivity contribution in [3.63, 3.8) is 0 Å². The number of nitrogens with zero attached hydrogens (tertiary/aromatic N) is 2. The fourth-order valence-corrected chi connectivity index (χ4v) is 2.16. The summed E-state index contributed by atoms with van der Waals surface area (Å²) in [6.07, 6.45) is 1.37. The number of H-pyrrole nitrogens is 1. The first-order valence-electron chi connectivity index (χ1n) is 6.74. The second kappa shape index (κ2) is 5.72. The predicted molar refractivity (Wildman–Crippen MR) is 81.2 cm³/mol. The third-order valence-electron chi connectivity index (χ3n) is 3.25. The standard InChI is InChI=1S/C15H14N4O3/c1-10(11-5-3-2-4-6-11)17-12-9-13(20)19(15(21)18-12)14-7-8-16-22-14/h2-10,17H,1H3,(H,18,21)/t10-/m0/s1. The van der Waals surface area contributed by atoms with Gasteiger partial charge in [0, 0.05) is 18.2 Å². The summed E-state index contributed by atoms with van der Waals surface area (Å²) in [6, 6.07) is 12.4. The van der Waals surface area contributed by atoms with E-state index in [4.69, 9.17) is 4.52 Å². The lowest BCUT2D eigenvalue weighted by Gasteiger charge is -2.15. The van der Waals surface area contributed by atoms with Crippen molar-refractivity contribution in [3.05, 3.63) is 75.1 Å². The lowest BCUT2D eigenvalue weighted by atomic mass is 10.1. The molecule has 1 atom stereocenters. The zero-order valence-electron chi connectivity index (χ0n) is 11.8. The lowest BCUT2D eigenvalue weighted by molar-refractivity contribution is 0.400. The van der Waals surface area contributed by atoms with Crippen LogP contribution in [0.5, 0.6) is 0 Å². The highest BCUT2D eigenvalue weighted by atomic mass is 16.5. The van der Waals surface area contributed by atoms with Crippen LogP contribution in [0.25, 0.3) is 5.88 Å². The van der Waals surface area contributed by atoms with Gasteiger partial charge >= 0.3 is 5.69 Å². The zero-order chi connectivity index (χ0) is 15.5. The molecule has 2 N–H and O–H groups in total. The molecular weight excluding hydrogens is 284 g/mol. The van der Waals surface area contributed by atoms with E-state index in [2.05, 4.69) is 15.5 Å². The van der Waals surface area contributed by atoms with Crippen LogP contribution >= 0.6 is 0 Å². The lowest BCUT2D eigenvalue weighted by Crippen LogP contribution is -2.33. The van der Waals surface area contributed by atoms with Crippen LogP contribution in [0.2, 0.25) is 0 Å². The fourth-order valence-electron chi connectivity index (χ4n) is 2.16. The first-order valence-corrected chi connectivity index (χ1v) is 6.74. The Bertz CT molecular complexity index is 835. The predicted octanol–water partition coefficient (Wildman–Crippen LogP) is 1.69. The van der Waals surface area contributed by atoms with E-state index in [1.807, 2.05) is 37.3 Å². The molecule has 0 unspecified atom stereocenters. The van der Waals surface area contributed by atoms with Crippen molar-refractivity contribution < 1.29 is 4.52 Å². The number of hydrogen-bond donors (Lipinski definition) is 2. The molecule has 0 aliphatic heterocycles. The van der Waals surface area contributed by atoms with Crippen LogP contribution in [-0.2, 0) is 0 Å². The topological polar surface area (TPSA) is 92.9 Å². The molecule has 0 saturated carbocycles. The quantitative estimate of drug-likeness (QED) is 0.764. The number of aromatic amines is 1. The van der Waals surface area contributed by atoms with Crippen molar-refractivity contribution in [2.24, 2.45) is 0 Å². The minimum Gasteiger partial charge on any atom is -0.365 e. The maximum atomic E-state index is 12.1. The molecule has 0 fully saturated rings. The van der Waals surface area contributed by atoms with Crippen LogP contribution in [0.3, 0.4) is 0 Å². The molecule has 7 nitrogen and oxygen atoms in total. The normalized spacial score (nSPS) is 12.0. The van der Waals surface area contributed by atoms with E-state index < -0.39 is 11.2 Å². The molecule has 0 bridgehead atoms. The molecule has 2 aromatic heterocycles. The van der Waals surface area contributed by atoms with Crippen molar-refractivity contribution in [2.45, 2.75) is 13.0 Å². The summed E-state index contributed by atoms with van der Waals surface area (Å²) in [7, 11) is 0. The Balaban J connectivity index is 1.91. The average Bonchev–Trinajstić information content (AvgIpc) is 3.01. The monoisotopic (exact) mass is 298 g/mol. The molecule has 0 aliphatic carbocycles. The molecule has 3 aromatic rings. The summed E-state index contributed by atoms with van der Waals surface area (Å²) in [5.41, 5.74) is -0.0435. The Kier molecular flexibility index (Phi) is 3.61.